The summed E-state index contributed by atoms with van der Waals surface area (Å²) < 4.78 is 0. The summed E-state index contributed by atoms with van der Waals surface area (Å²) >= 11 is 4.91. The van der Waals surface area contributed by atoms with Crippen molar-refractivity contribution in [2.24, 2.45) is 11.7 Å². The fourth-order valence-corrected chi connectivity index (χ4v) is 3.19. The minimum absolute atomic E-state index is 0.00318. The lowest BCUT2D eigenvalue weighted by Gasteiger charge is -2.29. The summed E-state index contributed by atoms with van der Waals surface area (Å²) in [6, 6.07) is 7.49. The van der Waals surface area contributed by atoms with Crippen molar-refractivity contribution >= 4 is 23.1 Å². The van der Waals surface area contributed by atoms with Gasteiger partial charge in [0.1, 0.15) is 4.99 Å². The summed E-state index contributed by atoms with van der Waals surface area (Å²) in [5.74, 6) is 0.858. The fourth-order valence-electron chi connectivity index (χ4n) is 3.06. The molecule has 0 aromatic heterocycles. The highest BCUT2D eigenvalue weighted by atomic mass is 32.1. The molecule has 21 heavy (non-hydrogen) atoms. The lowest BCUT2D eigenvalue weighted by molar-refractivity contribution is 0.0921. The van der Waals surface area contributed by atoms with Crippen molar-refractivity contribution in [2.45, 2.75) is 51.5 Å². The molecular weight excluding hydrogens is 280 g/mol. The Morgan fingerprint density at radius 1 is 1.19 bits per heavy atom. The summed E-state index contributed by atoms with van der Waals surface area (Å²) in [7, 11) is 0. The van der Waals surface area contributed by atoms with Crippen LogP contribution >= 0.6 is 12.2 Å². The van der Waals surface area contributed by atoms with Crippen LogP contribution in [0.5, 0.6) is 0 Å². The van der Waals surface area contributed by atoms with E-state index in [4.69, 9.17) is 18.0 Å². The lowest BCUT2D eigenvalue weighted by Crippen LogP contribution is -2.37. The zero-order valence-electron chi connectivity index (χ0n) is 12.6. The second-order valence-electron chi connectivity index (χ2n) is 5.92. The molecule has 1 fully saturated rings. The Morgan fingerprint density at radius 2 is 1.76 bits per heavy atom. The van der Waals surface area contributed by atoms with Crippen molar-refractivity contribution in [3.8, 4) is 0 Å². The molecule has 2 rings (SSSR count). The molecule has 3 nitrogen and oxygen atoms in total. The third-order valence-corrected chi connectivity index (χ3v) is 4.55. The molecule has 1 aliphatic rings. The Bertz CT molecular complexity index is 490. The maximum Gasteiger partial charge on any atom is 0.251 e. The number of carbonyl (C=O) groups is 1. The fraction of sp³-hybridized carbons (Fsp3) is 0.529. The summed E-state index contributed by atoms with van der Waals surface area (Å²) in [5.41, 5.74) is 7.02. The van der Waals surface area contributed by atoms with Crippen molar-refractivity contribution < 1.29 is 4.79 Å². The smallest absolute Gasteiger partial charge is 0.251 e. The Labute approximate surface area is 132 Å². The van der Waals surface area contributed by atoms with Gasteiger partial charge in [0.05, 0.1) is 0 Å². The lowest BCUT2D eigenvalue weighted by atomic mass is 9.83. The van der Waals surface area contributed by atoms with Crippen molar-refractivity contribution in [1.82, 2.24) is 5.32 Å². The van der Waals surface area contributed by atoms with E-state index in [1.165, 1.54) is 25.7 Å². The normalized spacial score (nSPS) is 21.8. The van der Waals surface area contributed by atoms with Gasteiger partial charge in [-0.3, -0.25) is 4.79 Å². The number of carbonyl (C=O) groups excluding carboxylic acids is 1. The molecular formula is C17H24N2OS. The molecule has 0 heterocycles. The van der Waals surface area contributed by atoms with Crippen LogP contribution in [0.4, 0.5) is 0 Å². The van der Waals surface area contributed by atoms with E-state index in [2.05, 4.69) is 12.2 Å². The van der Waals surface area contributed by atoms with Crippen molar-refractivity contribution in [2.75, 3.05) is 0 Å². The number of rotatable bonds is 5. The summed E-state index contributed by atoms with van der Waals surface area (Å²) in [4.78, 5) is 12.6. The molecule has 1 aromatic rings. The Hall–Kier alpha value is -1.42. The molecule has 0 spiro atoms. The zero-order chi connectivity index (χ0) is 15.2. The summed E-state index contributed by atoms with van der Waals surface area (Å²) in [5, 5.41) is 3.14. The molecule has 0 saturated heterocycles. The van der Waals surface area contributed by atoms with Crippen LogP contribution in [-0.4, -0.2) is 16.9 Å². The molecule has 1 aliphatic carbocycles. The Morgan fingerprint density at radius 3 is 2.29 bits per heavy atom. The Kier molecular flexibility index (Phi) is 5.74. The quantitative estimate of drug-likeness (QED) is 0.820. The van der Waals surface area contributed by atoms with Crippen LogP contribution < -0.4 is 11.1 Å². The number of thiocarbonyl (C=S) groups is 1. The maximum atomic E-state index is 12.2. The van der Waals surface area contributed by atoms with Crippen molar-refractivity contribution in [3.05, 3.63) is 35.4 Å². The third-order valence-electron chi connectivity index (χ3n) is 4.31. The first-order valence-electron chi connectivity index (χ1n) is 7.81. The van der Waals surface area contributed by atoms with Crippen molar-refractivity contribution in [1.29, 1.82) is 0 Å². The van der Waals surface area contributed by atoms with Gasteiger partial charge in [0.2, 0.25) is 0 Å². The highest BCUT2D eigenvalue weighted by Crippen LogP contribution is 2.27. The summed E-state index contributed by atoms with van der Waals surface area (Å²) in [6.45, 7) is 2.24. The molecule has 1 aromatic carbocycles. The van der Waals surface area contributed by atoms with E-state index >= 15 is 0 Å². The molecule has 0 bridgehead atoms. The SMILES string of the molecule is CCCC1CCC(NC(=O)c2ccc(C(N)=S)cc2)CC1. The number of nitrogens with one attached hydrogen (secondary N) is 1. The van der Waals surface area contributed by atoms with Gasteiger partial charge in [-0.05, 0) is 43.7 Å². The minimum Gasteiger partial charge on any atom is -0.389 e. The van der Waals surface area contributed by atoms with Gasteiger partial charge < -0.3 is 11.1 Å². The van der Waals surface area contributed by atoms with Crippen LogP contribution in [0.25, 0.3) is 0 Å². The van der Waals surface area contributed by atoms with Crippen LogP contribution in [-0.2, 0) is 0 Å². The van der Waals surface area contributed by atoms with E-state index in [1.807, 2.05) is 0 Å². The first kappa shape index (κ1) is 16.0. The van der Waals surface area contributed by atoms with E-state index in [-0.39, 0.29) is 5.91 Å². The first-order valence-corrected chi connectivity index (χ1v) is 8.21. The standard InChI is InChI=1S/C17H24N2OS/c1-2-3-12-4-10-15(11-5-12)19-17(20)14-8-6-13(7-9-14)16(18)21/h6-9,12,15H,2-5,10-11H2,1H3,(H2,18,21)(H,19,20). The minimum atomic E-state index is 0.00318. The number of amides is 1. The van der Waals surface area contributed by atoms with Gasteiger partial charge in [-0.15, -0.1) is 0 Å². The van der Waals surface area contributed by atoms with Gasteiger partial charge in [-0.2, -0.15) is 0 Å². The molecule has 0 aliphatic heterocycles. The molecule has 4 heteroatoms. The number of hydrogen-bond donors (Lipinski definition) is 2. The van der Waals surface area contributed by atoms with E-state index in [0.29, 0.717) is 16.6 Å². The number of nitrogens with two attached hydrogens (primary N) is 1. The van der Waals surface area contributed by atoms with Gasteiger partial charge in [0.15, 0.2) is 0 Å². The van der Waals surface area contributed by atoms with E-state index < -0.39 is 0 Å². The highest BCUT2D eigenvalue weighted by molar-refractivity contribution is 7.80. The Balaban J connectivity index is 1.86. The molecule has 1 saturated carbocycles. The molecule has 114 valence electrons. The topological polar surface area (TPSA) is 55.1 Å². The van der Waals surface area contributed by atoms with Crippen LogP contribution in [0.1, 0.15) is 61.4 Å². The number of hydrogen-bond acceptors (Lipinski definition) is 2. The van der Waals surface area contributed by atoms with E-state index in [1.54, 1.807) is 24.3 Å². The third kappa shape index (κ3) is 4.53. The van der Waals surface area contributed by atoms with Crippen molar-refractivity contribution in [3.63, 3.8) is 0 Å². The van der Waals surface area contributed by atoms with Crippen LogP contribution in [0.3, 0.4) is 0 Å². The predicted molar refractivity (Wildman–Crippen MR) is 90.4 cm³/mol. The highest BCUT2D eigenvalue weighted by Gasteiger charge is 2.22. The largest absolute Gasteiger partial charge is 0.389 e. The molecule has 0 unspecified atom stereocenters. The van der Waals surface area contributed by atoms with E-state index in [9.17, 15) is 4.79 Å². The average molecular weight is 304 g/mol. The zero-order valence-corrected chi connectivity index (χ0v) is 13.4. The van der Waals surface area contributed by atoms with Gasteiger partial charge in [0.25, 0.3) is 5.91 Å². The second kappa shape index (κ2) is 7.55. The second-order valence-corrected chi connectivity index (χ2v) is 6.36. The molecule has 0 radical (unpaired) electrons. The van der Waals surface area contributed by atoms with Gasteiger partial charge in [0, 0.05) is 17.2 Å². The van der Waals surface area contributed by atoms with E-state index in [0.717, 1.165) is 24.3 Å². The van der Waals surface area contributed by atoms with Crippen LogP contribution in [0, 0.1) is 5.92 Å². The number of benzene rings is 1. The average Bonchev–Trinajstić information content (AvgIpc) is 2.49. The molecule has 3 N–H and O–H groups in total. The molecule has 0 atom stereocenters. The molecule has 1 amide bonds. The predicted octanol–water partition coefficient (Wildman–Crippen LogP) is 3.41. The maximum absolute atomic E-state index is 12.2. The first-order chi connectivity index (χ1) is 10.1. The van der Waals surface area contributed by atoms with Gasteiger partial charge >= 0.3 is 0 Å². The van der Waals surface area contributed by atoms with Gasteiger partial charge in [-0.1, -0.05) is 44.1 Å². The van der Waals surface area contributed by atoms with Crippen LogP contribution in [0.2, 0.25) is 0 Å². The summed E-state index contributed by atoms with van der Waals surface area (Å²) in [6.07, 6.45) is 7.25. The van der Waals surface area contributed by atoms with Gasteiger partial charge in [-0.25, -0.2) is 0 Å². The monoisotopic (exact) mass is 304 g/mol. The van der Waals surface area contributed by atoms with Crippen LogP contribution in [0.15, 0.2) is 24.3 Å².